The molecule has 5 N–H and O–H groups in total. The molecule has 2 aromatic rings. The molecule has 0 aromatic heterocycles. The van der Waals surface area contributed by atoms with Crippen molar-refractivity contribution in [3.63, 3.8) is 0 Å². The number of carbonyl (C=O) groups is 1. The van der Waals surface area contributed by atoms with Crippen molar-refractivity contribution in [2.75, 3.05) is 0 Å². The number of hydrogen-bond donors (Lipinski definition) is 3. The largest absolute Gasteiger partial charge is 0.505 e. The van der Waals surface area contributed by atoms with Gasteiger partial charge in [0.2, 0.25) is 5.82 Å². The highest BCUT2D eigenvalue weighted by Gasteiger charge is 2.16. The molecule has 0 saturated carbocycles. The van der Waals surface area contributed by atoms with Crippen molar-refractivity contribution in [3.05, 3.63) is 59.2 Å². The van der Waals surface area contributed by atoms with Crippen molar-refractivity contribution in [1.29, 1.82) is 0 Å². The van der Waals surface area contributed by atoms with Gasteiger partial charge < -0.3 is 16.6 Å². The number of hydrogen-bond acceptors (Lipinski definition) is 2. The van der Waals surface area contributed by atoms with E-state index in [1.54, 1.807) is 24.3 Å². The van der Waals surface area contributed by atoms with Crippen molar-refractivity contribution in [3.8, 4) is 16.9 Å². The molecule has 0 saturated heterocycles. The molecule has 0 heterocycles. The summed E-state index contributed by atoms with van der Waals surface area (Å²) in [6.45, 7) is 1.50. The average Bonchev–Trinajstić information content (AvgIpc) is 2.53. The summed E-state index contributed by atoms with van der Waals surface area (Å²) in [5, 5.41) is 9.23. The Kier molecular flexibility index (Phi) is 4.93. The number of rotatable bonds is 3. The maximum absolute atomic E-state index is 14.1. The van der Waals surface area contributed by atoms with Crippen LogP contribution in [-0.2, 0) is 4.79 Å². The number of aromatic hydroxyl groups is 1. The highest BCUT2D eigenvalue weighted by molar-refractivity contribution is 6.04. The minimum Gasteiger partial charge on any atom is -0.505 e. The van der Waals surface area contributed by atoms with Crippen LogP contribution in [0.5, 0.6) is 5.75 Å². The van der Waals surface area contributed by atoms with E-state index in [9.17, 15) is 18.7 Å². The maximum atomic E-state index is 14.1. The first-order valence-electron chi connectivity index (χ1n) is 6.90. The van der Waals surface area contributed by atoms with E-state index in [2.05, 4.69) is 4.99 Å². The number of guanidine groups is 1. The quantitative estimate of drug-likeness (QED) is 0.457. The summed E-state index contributed by atoms with van der Waals surface area (Å²) in [5.74, 6) is -4.29. The molecule has 0 bridgehead atoms. The molecule has 0 fully saturated rings. The lowest BCUT2D eigenvalue weighted by molar-refractivity contribution is -0.114. The zero-order chi connectivity index (χ0) is 17.9. The minimum atomic E-state index is -1.33. The molecule has 0 aliphatic heterocycles. The first-order chi connectivity index (χ1) is 11.3. The molecule has 24 heavy (non-hydrogen) atoms. The third kappa shape index (κ3) is 3.57. The third-order valence-corrected chi connectivity index (χ3v) is 3.25. The smallest absolute Gasteiger partial charge is 0.275 e. The molecule has 124 valence electrons. The highest BCUT2D eigenvalue weighted by atomic mass is 19.2. The van der Waals surface area contributed by atoms with Crippen LogP contribution >= 0.6 is 0 Å². The Bertz CT molecular complexity index is 857. The second-order valence-electron chi connectivity index (χ2n) is 5.02. The van der Waals surface area contributed by atoms with Crippen molar-refractivity contribution in [1.82, 2.24) is 0 Å². The molecule has 0 atom stereocenters. The molecule has 2 rings (SSSR count). The van der Waals surface area contributed by atoms with Gasteiger partial charge in [0, 0.05) is 11.1 Å². The number of nitrogens with zero attached hydrogens (tertiary/aromatic N) is 1. The number of carbonyl (C=O) groups excluding carboxylic acids is 1. The van der Waals surface area contributed by atoms with E-state index in [-0.39, 0.29) is 17.1 Å². The summed E-state index contributed by atoms with van der Waals surface area (Å²) >= 11 is 0. The Labute approximate surface area is 136 Å². The van der Waals surface area contributed by atoms with Gasteiger partial charge in [-0.05, 0) is 36.3 Å². The minimum absolute atomic E-state index is 0.0424. The van der Waals surface area contributed by atoms with Crippen LogP contribution in [0.4, 0.5) is 8.78 Å². The fourth-order valence-corrected chi connectivity index (χ4v) is 2.12. The zero-order valence-corrected chi connectivity index (χ0v) is 12.8. The Balaban J connectivity index is 2.55. The zero-order valence-electron chi connectivity index (χ0n) is 12.8. The maximum Gasteiger partial charge on any atom is 0.275 e. The van der Waals surface area contributed by atoms with Crippen molar-refractivity contribution in [2.45, 2.75) is 6.92 Å². The predicted molar refractivity (Wildman–Crippen MR) is 87.9 cm³/mol. The number of amides is 1. The SMILES string of the molecule is CC(=Cc1ccccc1-c1ccc(O)c(F)c1F)C(=O)N=C(N)N. The number of phenolic OH excluding ortho intramolecular Hbond substituents is 1. The van der Waals surface area contributed by atoms with E-state index in [1.165, 1.54) is 19.1 Å². The monoisotopic (exact) mass is 331 g/mol. The normalized spacial score (nSPS) is 11.2. The van der Waals surface area contributed by atoms with Gasteiger partial charge in [-0.1, -0.05) is 24.3 Å². The van der Waals surface area contributed by atoms with Crippen molar-refractivity contribution in [2.24, 2.45) is 16.5 Å². The summed E-state index contributed by atoms with van der Waals surface area (Å²) in [4.78, 5) is 15.2. The van der Waals surface area contributed by atoms with Crippen molar-refractivity contribution < 1.29 is 18.7 Å². The first kappa shape index (κ1) is 17.1. The van der Waals surface area contributed by atoms with E-state index >= 15 is 0 Å². The van der Waals surface area contributed by atoms with Gasteiger partial charge in [0.1, 0.15) is 0 Å². The molecular weight excluding hydrogens is 316 g/mol. The molecule has 1 amide bonds. The van der Waals surface area contributed by atoms with Crippen LogP contribution in [0.15, 0.2) is 47.0 Å². The standard InChI is InChI=1S/C17H15F2N3O2/c1-9(16(24)22-17(20)21)8-10-4-2-3-5-11(10)12-6-7-13(23)15(19)14(12)18/h2-8,23H,1H3,(H4,20,21,22,24). The van der Waals surface area contributed by atoms with E-state index in [0.717, 1.165) is 6.07 Å². The van der Waals surface area contributed by atoms with Gasteiger partial charge in [-0.3, -0.25) is 4.79 Å². The second-order valence-corrected chi connectivity index (χ2v) is 5.02. The number of phenols is 1. The lowest BCUT2D eigenvalue weighted by Gasteiger charge is -2.09. The van der Waals surface area contributed by atoms with Gasteiger partial charge in [-0.15, -0.1) is 0 Å². The molecule has 0 radical (unpaired) electrons. The van der Waals surface area contributed by atoms with Crippen LogP contribution in [0.25, 0.3) is 17.2 Å². The summed E-state index contributed by atoms with van der Waals surface area (Å²) in [7, 11) is 0. The van der Waals surface area contributed by atoms with Gasteiger partial charge in [0.25, 0.3) is 5.91 Å². The van der Waals surface area contributed by atoms with E-state index in [0.29, 0.717) is 11.1 Å². The summed E-state index contributed by atoms with van der Waals surface area (Å²) < 4.78 is 27.7. The predicted octanol–water partition coefficient (Wildman–Crippen LogP) is 2.54. The van der Waals surface area contributed by atoms with E-state index in [4.69, 9.17) is 11.5 Å². The summed E-state index contributed by atoms with van der Waals surface area (Å²) in [6, 6.07) is 8.84. The molecule has 0 aliphatic rings. The van der Waals surface area contributed by atoms with Crippen molar-refractivity contribution >= 4 is 17.9 Å². The Morgan fingerprint density at radius 3 is 2.42 bits per heavy atom. The lowest BCUT2D eigenvalue weighted by atomic mass is 9.97. The Morgan fingerprint density at radius 2 is 1.75 bits per heavy atom. The van der Waals surface area contributed by atoms with Crippen LogP contribution in [0.1, 0.15) is 12.5 Å². The van der Waals surface area contributed by atoms with Gasteiger partial charge in [0.15, 0.2) is 17.5 Å². The molecule has 0 spiro atoms. The fraction of sp³-hybridized carbons (Fsp3) is 0.0588. The van der Waals surface area contributed by atoms with Crippen LogP contribution in [0, 0.1) is 11.6 Å². The van der Waals surface area contributed by atoms with Gasteiger partial charge in [-0.25, -0.2) is 4.39 Å². The molecule has 0 unspecified atom stereocenters. The van der Waals surface area contributed by atoms with Gasteiger partial charge in [0.05, 0.1) is 0 Å². The molecule has 7 heteroatoms. The molecule has 5 nitrogen and oxygen atoms in total. The summed E-state index contributed by atoms with van der Waals surface area (Å²) in [5.41, 5.74) is 11.3. The summed E-state index contributed by atoms with van der Waals surface area (Å²) in [6.07, 6.45) is 1.47. The van der Waals surface area contributed by atoms with Crippen LogP contribution in [0.2, 0.25) is 0 Å². The first-order valence-corrected chi connectivity index (χ1v) is 6.90. The van der Waals surface area contributed by atoms with Crippen LogP contribution in [-0.4, -0.2) is 17.0 Å². The Morgan fingerprint density at radius 1 is 1.08 bits per heavy atom. The topological polar surface area (TPSA) is 102 Å². The Hall–Kier alpha value is -3.22. The van der Waals surface area contributed by atoms with E-state index in [1.807, 2.05) is 0 Å². The molecule has 2 aromatic carbocycles. The highest BCUT2D eigenvalue weighted by Crippen LogP contribution is 2.32. The number of benzene rings is 2. The molecule has 0 aliphatic carbocycles. The number of nitrogens with two attached hydrogens (primary N) is 2. The second kappa shape index (κ2) is 6.91. The number of aliphatic imine (C=N–C) groups is 1. The van der Waals surface area contributed by atoms with Crippen LogP contribution in [0.3, 0.4) is 0 Å². The average molecular weight is 331 g/mol. The van der Waals surface area contributed by atoms with E-state index < -0.39 is 23.3 Å². The third-order valence-electron chi connectivity index (χ3n) is 3.25. The number of halogens is 2. The van der Waals surface area contributed by atoms with Gasteiger partial charge in [-0.2, -0.15) is 9.38 Å². The fourth-order valence-electron chi connectivity index (χ4n) is 2.12. The molecular formula is C17H15F2N3O2. The van der Waals surface area contributed by atoms with Gasteiger partial charge >= 0.3 is 0 Å². The lowest BCUT2D eigenvalue weighted by Crippen LogP contribution is -2.24. The van der Waals surface area contributed by atoms with Crippen LogP contribution < -0.4 is 11.5 Å².